The highest BCUT2D eigenvalue weighted by atomic mass is 35.5. The van der Waals surface area contributed by atoms with Crippen molar-refractivity contribution in [1.82, 2.24) is 5.32 Å². The molecule has 1 aromatic carbocycles. The topological polar surface area (TPSA) is 67.8 Å². The van der Waals surface area contributed by atoms with E-state index in [1.54, 1.807) is 19.2 Å². The molecule has 0 spiro atoms. The average molecular weight is 314 g/mol. The van der Waals surface area contributed by atoms with Gasteiger partial charge in [0.05, 0.1) is 13.7 Å². The first-order chi connectivity index (χ1) is 10.1. The minimum Gasteiger partial charge on any atom is -0.496 e. The molecule has 6 heteroatoms. The van der Waals surface area contributed by atoms with Crippen LogP contribution in [0.3, 0.4) is 0 Å². The van der Waals surface area contributed by atoms with Crippen molar-refractivity contribution in [3.8, 4) is 5.75 Å². The molecule has 2 N–H and O–H groups in total. The monoisotopic (exact) mass is 313 g/mol. The highest BCUT2D eigenvalue weighted by Gasteiger charge is 2.40. The standard InChI is InChI=1S/C15H20ClNO4/c1-20-13-4-3-12(16)7-11(13)8-17-9-15(14(18)19)5-2-6-21-10-15/h3-4,7,17H,2,5-6,8-10H2,1H3,(H,18,19). The van der Waals surface area contributed by atoms with Crippen molar-refractivity contribution in [2.45, 2.75) is 19.4 Å². The SMILES string of the molecule is COc1ccc(Cl)cc1CNCC1(C(=O)O)CCCOC1. The minimum absolute atomic E-state index is 0.252. The summed E-state index contributed by atoms with van der Waals surface area (Å²) < 4.78 is 10.6. The summed E-state index contributed by atoms with van der Waals surface area (Å²) in [6.07, 6.45) is 1.40. The van der Waals surface area contributed by atoms with Crippen molar-refractivity contribution >= 4 is 17.6 Å². The second-order valence-corrected chi connectivity index (χ2v) is 5.74. The second-order valence-electron chi connectivity index (χ2n) is 5.30. The predicted octanol–water partition coefficient (Wildman–Crippen LogP) is 2.32. The zero-order valence-corrected chi connectivity index (χ0v) is 12.8. The summed E-state index contributed by atoms with van der Waals surface area (Å²) in [7, 11) is 1.60. The van der Waals surface area contributed by atoms with Gasteiger partial charge in [-0.15, -0.1) is 0 Å². The van der Waals surface area contributed by atoms with Crippen LogP contribution in [0.1, 0.15) is 18.4 Å². The molecule has 0 aromatic heterocycles. The lowest BCUT2D eigenvalue weighted by Gasteiger charge is -2.33. The number of hydrogen-bond acceptors (Lipinski definition) is 4. The number of benzene rings is 1. The van der Waals surface area contributed by atoms with Crippen molar-refractivity contribution in [2.75, 3.05) is 26.9 Å². The molecule has 1 fully saturated rings. The summed E-state index contributed by atoms with van der Waals surface area (Å²) in [5, 5.41) is 13.3. The molecule has 0 aliphatic carbocycles. The lowest BCUT2D eigenvalue weighted by atomic mass is 9.82. The predicted molar refractivity (Wildman–Crippen MR) is 79.8 cm³/mol. The van der Waals surface area contributed by atoms with Gasteiger partial charge >= 0.3 is 5.97 Å². The van der Waals surface area contributed by atoms with Gasteiger partial charge in [0.2, 0.25) is 0 Å². The van der Waals surface area contributed by atoms with Crippen LogP contribution in [0.5, 0.6) is 5.75 Å². The second kappa shape index (κ2) is 7.11. The van der Waals surface area contributed by atoms with E-state index in [2.05, 4.69) is 5.32 Å². The van der Waals surface area contributed by atoms with Gasteiger partial charge in [-0.3, -0.25) is 4.79 Å². The number of carboxylic acids is 1. The van der Waals surface area contributed by atoms with Gasteiger partial charge in [-0.25, -0.2) is 0 Å². The number of carboxylic acid groups (broad SMARTS) is 1. The number of halogens is 1. The van der Waals surface area contributed by atoms with Crippen molar-refractivity contribution in [2.24, 2.45) is 5.41 Å². The quantitative estimate of drug-likeness (QED) is 0.843. The van der Waals surface area contributed by atoms with Crippen molar-refractivity contribution in [3.63, 3.8) is 0 Å². The Morgan fingerprint density at radius 2 is 2.38 bits per heavy atom. The van der Waals surface area contributed by atoms with Crippen molar-refractivity contribution < 1.29 is 19.4 Å². The van der Waals surface area contributed by atoms with Crippen LogP contribution in [-0.2, 0) is 16.1 Å². The van der Waals surface area contributed by atoms with E-state index in [4.69, 9.17) is 21.1 Å². The van der Waals surface area contributed by atoms with E-state index in [1.807, 2.05) is 6.07 Å². The number of hydrogen-bond donors (Lipinski definition) is 2. The fourth-order valence-corrected chi connectivity index (χ4v) is 2.75. The summed E-state index contributed by atoms with van der Waals surface area (Å²) in [4.78, 5) is 11.5. The fraction of sp³-hybridized carbons (Fsp3) is 0.533. The largest absolute Gasteiger partial charge is 0.496 e. The molecule has 116 valence electrons. The smallest absolute Gasteiger partial charge is 0.313 e. The molecule has 21 heavy (non-hydrogen) atoms. The third-order valence-corrected chi connectivity index (χ3v) is 4.03. The zero-order chi connectivity index (χ0) is 15.3. The van der Waals surface area contributed by atoms with Crippen molar-refractivity contribution in [3.05, 3.63) is 28.8 Å². The molecule has 2 rings (SSSR count). The van der Waals surface area contributed by atoms with Crippen LogP contribution in [0.15, 0.2) is 18.2 Å². The number of ether oxygens (including phenoxy) is 2. The Balaban J connectivity index is 1.99. The molecule has 1 aliphatic rings. The van der Waals surface area contributed by atoms with E-state index in [9.17, 15) is 9.90 Å². The van der Waals surface area contributed by atoms with Crippen LogP contribution >= 0.6 is 11.6 Å². The molecule has 0 bridgehead atoms. The molecule has 5 nitrogen and oxygen atoms in total. The Kier molecular flexibility index (Phi) is 5.45. The lowest BCUT2D eigenvalue weighted by molar-refractivity contribution is -0.156. The maximum Gasteiger partial charge on any atom is 0.313 e. The molecule has 1 unspecified atom stereocenters. The first kappa shape index (κ1) is 16.1. The van der Waals surface area contributed by atoms with E-state index in [0.29, 0.717) is 31.1 Å². The Hall–Kier alpha value is -1.30. The Bertz CT molecular complexity index is 500. The lowest BCUT2D eigenvalue weighted by Crippen LogP contribution is -2.46. The molecule has 1 saturated heterocycles. The Labute approximate surface area is 129 Å². The molecule has 0 radical (unpaired) electrons. The number of nitrogens with one attached hydrogen (secondary N) is 1. The van der Waals surface area contributed by atoms with Gasteiger partial charge in [0, 0.05) is 30.3 Å². The number of methoxy groups -OCH3 is 1. The molecule has 1 aliphatic heterocycles. The maximum atomic E-state index is 11.5. The van der Waals surface area contributed by atoms with Crippen LogP contribution in [0.2, 0.25) is 5.02 Å². The normalized spacial score (nSPS) is 22.0. The third-order valence-electron chi connectivity index (χ3n) is 3.80. The number of carbonyl (C=O) groups is 1. The van der Waals surface area contributed by atoms with E-state index in [1.165, 1.54) is 0 Å². The maximum absolute atomic E-state index is 11.5. The summed E-state index contributed by atoms with van der Waals surface area (Å²) in [5.41, 5.74) is 0.0617. The van der Waals surface area contributed by atoms with E-state index >= 15 is 0 Å². The van der Waals surface area contributed by atoms with Crippen LogP contribution in [0.4, 0.5) is 0 Å². The first-order valence-electron chi connectivity index (χ1n) is 6.92. The van der Waals surface area contributed by atoms with Gasteiger partial charge in [-0.1, -0.05) is 11.6 Å². The summed E-state index contributed by atoms with van der Waals surface area (Å²) in [6.45, 7) is 1.75. The fourth-order valence-electron chi connectivity index (χ4n) is 2.56. The van der Waals surface area contributed by atoms with Crippen molar-refractivity contribution in [1.29, 1.82) is 0 Å². The molecule has 0 amide bonds. The highest BCUT2D eigenvalue weighted by Crippen LogP contribution is 2.29. The van der Waals surface area contributed by atoms with Gasteiger partial charge < -0.3 is 19.9 Å². The van der Waals surface area contributed by atoms with Gasteiger partial charge in [0.1, 0.15) is 11.2 Å². The molecular formula is C15H20ClNO4. The molecular weight excluding hydrogens is 294 g/mol. The molecule has 1 heterocycles. The highest BCUT2D eigenvalue weighted by molar-refractivity contribution is 6.30. The van der Waals surface area contributed by atoms with Gasteiger partial charge in [-0.05, 0) is 31.0 Å². The Morgan fingerprint density at radius 1 is 1.57 bits per heavy atom. The first-order valence-corrected chi connectivity index (χ1v) is 7.29. The van der Waals surface area contributed by atoms with Crippen LogP contribution in [0, 0.1) is 5.41 Å². The average Bonchev–Trinajstić information content (AvgIpc) is 2.48. The van der Waals surface area contributed by atoms with Crippen LogP contribution in [0.25, 0.3) is 0 Å². The number of aliphatic carboxylic acids is 1. The zero-order valence-electron chi connectivity index (χ0n) is 12.0. The van der Waals surface area contributed by atoms with Crippen LogP contribution in [-0.4, -0.2) is 37.9 Å². The molecule has 1 atom stereocenters. The summed E-state index contributed by atoms with van der Waals surface area (Å²) in [6, 6.07) is 5.38. The van der Waals surface area contributed by atoms with E-state index in [-0.39, 0.29) is 6.61 Å². The van der Waals surface area contributed by atoms with Gasteiger partial charge in [0.25, 0.3) is 0 Å². The number of rotatable bonds is 6. The molecule has 0 saturated carbocycles. The summed E-state index contributed by atoms with van der Waals surface area (Å²) in [5.74, 6) is -0.0797. The third kappa shape index (κ3) is 3.87. The van der Waals surface area contributed by atoms with Crippen LogP contribution < -0.4 is 10.1 Å². The summed E-state index contributed by atoms with van der Waals surface area (Å²) >= 11 is 5.98. The minimum atomic E-state index is -0.843. The van der Waals surface area contributed by atoms with E-state index < -0.39 is 11.4 Å². The Morgan fingerprint density at radius 3 is 3.00 bits per heavy atom. The van der Waals surface area contributed by atoms with Gasteiger partial charge in [0.15, 0.2) is 0 Å². The van der Waals surface area contributed by atoms with E-state index in [0.717, 1.165) is 17.7 Å². The van der Waals surface area contributed by atoms with Gasteiger partial charge in [-0.2, -0.15) is 0 Å². The molecule has 1 aromatic rings.